The van der Waals surface area contributed by atoms with Gasteiger partial charge in [0.05, 0.1) is 11.9 Å². The Bertz CT molecular complexity index is 953. The molecule has 2 aromatic heterocycles. The van der Waals surface area contributed by atoms with E-state index in [1.165, 1.54) is 0 Å². The first kappa shape index (κ1) is 19.0. The van der Waals surface area contributed by atoms with E-state index in [0.29, 0.717) is 12.2 Å². The molecule has 1 aliphatic rings. The zero-order valence-corrected chi connectivity index (χ0v) is 17.7. The summed E-state index contributed by atoms with van der Waals surface area (Å²) < 4.78 is 1.96. The van der Waals surface area contributed by atoms with Gasteiger partial charge < -0.3 is 9.80 Å². The van der Waals surface area contributed by atoms with Gasteiger partial charge in [-0.3, -0.25) is 9.36 Å². The number of amides is 1. The van der Waals surface area contributed by atoms with Crippen LogP contribution in [0.5, 0.6) is 0 Å². The van der Waals surface area contributed by atoms with Crippen LogP contribution in [0.3, 0.4) is 0 Å². The van der Waals surface area contributed by atoms with E-state index in [-0.39, 0.29) is 5.91 Å². The summed E-state index contributed by atoms with van der Waals surface area (Å²) in [5.41, 5.74) is 2.63. The number of thiazole rings is 1. The van der Waals surface area contributed by atoms with Crippen molar-refractivity contribution in [1.29, 1.82) is 0 Å². The van der Waals surface area contributed by atoms with Crippen molar-refractivity contribution in [3.05, 3.63) is 53.3 Å². The molecule has 1 aliphatic heterocycles. The number of aryl methyl sites for hydroxylation is 1. The standard InChI is InChI=1S/C20H23N5OS2/c1-15-14-28-20(22-15)24-10-6-9-23(11-12-24)18(26)17-13-21-19(27-2)25(17)16-7-4-3-5-8-16/h3-5,7-8,13-14H,6,9-12H2,1-2H3. The van der Waals surface area contributed by atoms with Crippen LogP contribution in [0.25, 0.3) is 5.69 Å². The van der Waals surface area contributed by atoms with Gasteiger partial charge in [-0.05, 0) is 31.7 Å². The number of carbonyl (C=O) groups is 1. The average Bonchev–Trinajstić information content (AvgIpc) is 3.27. The molecule has 1 saturated heterocycles. The van der Waals surface area contributed by atoms with E-state index < -0.39 is 0 Å². The third kappa shape index (κ3) is 3.79. The molecule has 0 unspecified atom stereocenters. The van der Waals surface area contributed by atoms with Gasteiger partial charge in [0, 0.05) is 37.2 Å². The first-order valence-electron chi connectivity index (χ1n) is 9.31. The summed E-state index contributed by atoms with van der Waals surface area (Å²) in [6.07, 6.45) is 4.61. The quantitative estimate of drug-likeness (QED) is 0.610. The Morgan fingerprint density at radius 1 is 1.14 bits per heavy atom. The van der Waals surface area contributed by atoms with E-state index in [2.05, 4.69) is 20.2 Å². The van der Waals surface area contributed by atoms with Crippen LogP contribution in [0.4, 0.5) is 5.13 Å². The van der Waals surface area contributed by atoms with Gasteiger partial charge in [0.2, 0.25) is 0 Å². The van der Waals surface area contributed by atoms with Gasteiger partial charge in [-0.2, -0.15) is 0 Å². The van der Waals surface area contributed by atoms with Crippen LogP contribution in [0.2, 0.25) is 0 Å². The first-order chi connectivity index (χ1) is 13.7. The number of hydrogen-bond acceptors (Lipinski definition) is 6. The predicted molar refractivity (Wildman–Crippen MR) is 115 cm³/mol. The SMILES string of the molecule is CSc1ncc(C(=O)N2CCCN(c3nc(C)cs3)CC2)n1-c1ccccc1. The summed E-state index contributed by atoms with van der Waals surface area (Å²) in [5.74, 6) is 0.0359. The highest BCUT2D eigenvalue weighted by Crippen LogP contribution is 2.24. The Kier molecular flexibility index (Phi) is 5.68. The van der Waals surface area contributed by atoms with Crippen molar-refractivity contribution in [2.75, 3.05) is 37.3 Å². The fourth-order valence-electron chi connectivity index (χ4n) is 3.42. The molecule has 1 fully saturated rings. The van der Waals surface area contributed by atoms with Crippen molar-refractivity contribution in [2.24, 2.45) is 0 Å². The molecule has 3 heterocycles. The van der Waals surface area contributed by atoms with Gasteiger partial charge in [0.1, 0.15) is 5.69 Å². The Labute approximate surface area is 173 Å². The molecule has 6 nitrogen and oxygen atoms in total. The second kappa shape index (κ2) is 8.36. The molecule has 1 amide bonds. The molecule has 0 aliphatic carbocycles. The number of para-hydroxylation sites is 1. The fourth-order valence-corrected chi connectivity index (χ4v) is 4.82. The summed E-state index contributed by atoms with van der Waals surface area (Å²) in [6.45, 7) is 5.17. The molecule has 4 rings (SSSR count). The van der Waals surface area contributed by atoms with Gasteiger partial charge in [-0.15, -0.1) is 11.3 Å². The second-order valence-electron chi connectivity index (χ2n) is 6.71. The van der Waals surface area contributed by atoms with Crippen molar-refractivity contribution in [3.63, 3.8) is 0 Å². The molecule has 0 N–H and O–H groups in total. The molecule has 0 bridgehead atoms. The van der Waals surface area contributed by atoms with Crippen LogP contribution >= 0.6 is 23.1 Å². The van der Waals surface area contributed by atoms with Crippen LogP contribution in [0, 0.1) is 6.92 Å². The van der Waals surface area contributed by atoms with E-state index in [4.69, 9.17) is 0 Å². The average molecular weight is 414 g/mol. The number of carbonyl (C=O) groups excluding carboxylic acids is 1. The maximum Gasteiger partial charge on any atom is 0.272 e. The van der Waals surface area contributed by atoms with Gasteiger partial charge >= 0.3 is 0 Å². The molecule has 1 aromatic carbocycles. The van der Waals surface area contributed by atoms with Gasteiger partial charge in [-0.1, -0.05) is 30.0 Å². The molecular weight excluding hydrogens is 390 g/mol. The smallest absolute Gasteiger partial charge is 0.272 e. The molecule has 0 saturated carbocycles. The van der Waals surface area contributed by atoms with E-state index in [0.717, 1.165) is 47.7 Å². The number of nitrogens with zero attached hydrogens (tertiary/aromatic N) is 5. The highest BCUT2D eigenvalue weighted by atomic mass is 32.2. The molecule has 3 aromatic rings. The summed E-state index contributed by atoms with van der Waals surface area (Å²) in [6, 6.07) is 9.95. The van der Waals surface area contributed by atoms with Crippen molar-refractivity contribution in [3.8, 4) is 5.69 Å². The number of rotatable bonds is 4. The summed E-state index contributed by atoms with van der Waals surface area (Å²) >= 11 is 3.22. The molecule has 146 valence electrons. The van der Waals surface area contributed by atoms with Crippen molar-refractivity contribution < 1.29 is 4.79 Å². The predicted octanol–water partition coefficient (Wildman–Crippen LogP) is 3.71. The molecular formula is C20H23N5OS2. The summed E-state index contributed by atoms with van der Waals surface area (Å²) in [4.78, 5) is 26.6. The van der Waals surface area contributed by atoms with Crippen LogP contribution in [0.1, 0.15) is 22.6 Å². The van der Waals surface area contributed by atoms with Crippen LogP contribution < -0.4 is 4.90 Å². The monoisotopic (exact) mass is 413 g/mol. The van der Waals surface area contributed by atoms with Crippen LogP contribution in [-0.4, -0.2) is 57.8 Å². The normalized spacial score (nSPS) is 14.9. The largest absolute Gasteiger partial charge is 0.346 e. The number of imidazole rings is 1. The third-order valence-electron chi connectivity index (χ3n) is 4.81. The lowest BCUT2D eigenvalue weighted by Crippen LogP contribution is -2.36. The number of hydrogen-bond donors (Lipinski definition) is 0. The van der Waals surface area contributed by atoms with E-state index in [1.54, 1.807) is 29.3 Å². The molecule has 8 heteroatoms. The van der Waals surface area contributed by atoms with Gasteiger partial charge in [-0.25, -0.2) is 9.97 Å². The number of benzene rings is 1. The Hall–Kier alpha value is -2.32. The summed E-state index contributed by atoms with van der Waals surface area (Å²) in [7, 11) is 0. The van der Waals surface area contributed by atoms with Crippen LogP contribution in [0.15, 0.2) is 47.1 Å². The lowest BCUT2D eigenvalue weighted by atomic mass is 10.3. The van der Waals surface area contributed by atoms with Crippen molar-refractivity contribution in [2.45, 2.75) is 18.5 Å². The fraction of sp³-hybridized carbons (Fsp3) is 0.350. The minimum Gasteiger partial charge on any atom is -0.346 e. The van der Waals surface area contributed by atoms with Crippen molar-refractivity contribution >= 4 is 34.1 Å². The first-order valence-corrected chi connectivity index (χ1v) is 11.4. The molecule has 0 atom stereocenters. The number of aromatic nitrogens is 3. The zero-order chi connectivity index (χ0) is 19.5. The Morgan fingerprint density at radius 2 is 1.96 bits per heavy atom. The number of anilines is 1. The second-order valence-corrected chi connectivity index (χ2v) is 8.32. The lowest BCUT2D eigenvalue weighted by Gasteiger charge is -2.22. The van der Waals surface area contributed by atoms with Crippen LogP contribution in [-0.2, 0) is 0 Å². The van der Waals surface area contributed by atoms with Gasteiger partial charge in [0.15, 0.2) is 10.3 Å². The zero-order valence-electron chi connectivity index (χ0n) is 16.0. The molecule has 28 heavy (non-hydrogen) atoms. The van der Waals surface area contributed by atoms with E-state index >= 15 is 0 Å². The van der Waals surface area contributed by atoms with E-state index in [1.807, 2.05) is 53.0 Å². The van der Waals surface area contributed by atoms with E-state index in [9.17, 15) is 4.79 Å². The van der Waals surface area contributed by atoms with Crippen molar-refractivity contribution in [1.82, 2.24) is 19.4 Å². The minimum absolute atomic E-state index is 0.0359. The molecule has 0 spiro atoms. The minimum atomic E-state index is 0.0359. The highest BCUT2D eigenvalue weighted by Gasteiger charge is 2.25. The third-order valence-corrected chi connectivity index (χ3v) is 6.48. The van der Waals surface area contributed by atoms with Gasteiger partial charge in [0.25, 0.3) is 5.91 Å². The Balaban J connectivity index is 1.56. The maximum absolute atomic E-state index is 13.3. The topological polar surface area (TPSA) is 54.3 Å². The summed E-state index contributed by atoms with van der Waals surface area (Å²) in [5, 5.41) is 3.95. The molecule has 0 radical (unpaired) electrons. The maximum atomic E-state index is 13.3. The number of thioether (sulfide) groups is 1. The lowest BCUT2D eigenvalue weighted by molar-refractivity contribution is 0.0758. The highest BCUT2D eigenvalue weighted by molar-refractivity contribution is 7.98. The Morgan fingerprint density at radius 3 is 2.68 bits per heavy atom.